The van der Waals surface area contributed by atoms with E-state index < -0.39 is 17.0 Å². The van der Waals surface area contributed by atoms with Crippen molar-refractivity contribution in [3.8, 4) is 0 Å². The Hall–Kier alpha value is -1.55. The SMILES string of the molecule is COC(=O)C1(O)C=CCC2C(C)(CCc3ccoc3)C(C)CCC21C. The van der Waals surface area contributed by atoms with Gasteiger partial charge in [0.05, 0.1) is 19.6 Å². The predicted octanol–water partition coefficient (Wildman–Crippen LogP) is 4.13. The molecule has 0 aliphatic heterocycles. The summed E-state index contributed by atoms with van der Waals surface area (Å²) in [6.07, 6.45) is 11.8. The lowest BCUT2D eigenvalue weighted by molar-refractivity contribution is -0.194. The van der Waals surface area contributed by atoms with E-state index in [0.29, 0.717) is 5.92 Å². The summed E-state index contributed by atoms with van der Waals surface area (Å²) in [5.74, 6) is 0.221. The Kier molecular flexibility index (Phi) is 4.61. The summed E-state index contributed by atoms with van der Waals surface area (Å²) in [5.41, 5.74) is -0.805. The van der Waals surface area contributed by atoms with Gasteiger partial charge in [0.15, 0.2) is 5.60 Å². The molecule has 4 heteroatoms. The second kappa shape index (κ2) is 6.31. The average molecular weight is 346 g/mol. The van der Waals surface area contributed by atoms with E-state index in [-0.39, 0.29) is 11.3 Å². The first kappa shape index (κ1) is 18.2. The van der Waals surface area contributed by atoms with Crippen LogP contribution in [0.5, 0.6) is 0 Å². The molecule has 2 aliphatic carbocycles. The Labute approximate surface area is 150 Å². The number of furan rings is 1. The third kappa shape index (κ3) is 2.66. The summed E-state index contributed by atoms with van der Waals surface area (Å²) < 4.78 is 10.2. The predicted molar refractivity (Wildman–Crippen MR) is 95.9 cm³/mol. The van der Waals surface area contributed by atoms with Gasteiger partial charge in [-0.15, -0.1) is 0 Å². The first-order chi connectivity index (χ1) is 11.8. The van der Waals surface area contributed by atoms with Crippen molar-refractivity contribution >= 4 is 5.97 Å². The maximum Gasteiger partial charge on any atom is 0.342 e. The Bertz CT molecular complexity index is 649. The average Bonchev–Trinajstić information content (AvgIpc) is 3.12. The minimum Gasteiger partial charge on any atom is -0.472 e. The lowest BCUT2D eigenvalue weighted by atomic mass is 9.44. The third-order valence-corrected chi connectivity index (χ3v) is 7.42. The minimum absolute atomic E-state index is 0.0387. The van der Waals surface area contributed by atoms with Crippen molar-refractivity contribution in [2.75, 3.05) is 7.11 Å². The van der Waals surface area contributed by atoms with Crippen LogP contribution in [0.1, 0.15) is 52.0 Å². The highest BCUT2D eigenvalue weighted by Gasteiger charge is 2.63. The van der Waals surface area contributed by atoms with Crippen molar-refractivity contribution in [1.29, 1.82) is 0 Å². The van der Waals surface area contributed by atoms with Crippen molar-refractivity contribution in [2.45, 2.75) is 58.5 Å². The van der Waals surface area contributed by atoms with Gasteiger partial charge >= 0.3 is 5.97 Å². The molecule has 5 atom stereocenters. The number of fused-ring (bicyclic) bond motifs is 1. The maximum absolute atomic E-state index is 12.5. The smallest absolute Gasteiger partial charge is 0.342 e. The molecule has 0 radical (unpaired) electrons. The number of carbonyl (C=O) groups excluding carboxylic acids is 1. The second-order valence-corrected chi connectivity index (χ2v) is 8.44. The molecule has 3 rings (SSSR count). The van der Waals surface area contributed by atoms with E-state index in [4.69, 9.17) is 9.15 Å². The van der Waals surface area contributed by atoms with Crippen molar-refractivity contribution in [3.63, 3.8) is 0 Å². The zero-order valence-corrected chi connectivity index (χ0v) is 15.7. The fraction of sp³-hybridized carbons (Fsp3) is 0.667. The summed E-state index contributed by atoms with van der Waals surface area (Å²) in [6.45, 7) is 6.71. The van der Waals surface area contributed by atoms with Gasteiger partial charge in [-0.1, -0.05) is 26.8 Å². The van der Waals surface area contributed by atoms with Crippen LogP contribution in [0.4, 0.5) is 0 Å². The number of allylic oxidation sites excluding steroid dienone is 1. The van der Waals surface area contributed by atoms with Crippen LogP contribution in [0.25, 0.3) is 0 Å². The fourth-order valence-corrected chi connectivity index (χ4v) is 5.37. The van der Waals surface area contributed by atoms with Crippen LogP contribution in [0.3, 0.4) is 0 Å². The molecule has 0 bridgehead atoms. The standard InChI is InChI=1S/C21H30O4/c1-15-7-12-20(3)17(6-5-10-21(20,23)18(22)24-4)19(15,2)11-8-16-9-13-25-14-16/h5,9-10,13-15,17,23H,6-8,11-12H2,1-4H3. The lowest BCUT2D eigenvalue weighted by Gasteiger charge is -2.60. The van der Waals surface area contributed by atoms with Gasteiger partial charge in [-0.25, -0.2) is 4.79 Å². The molecule has 0 amide bonds. The van der Waals surface area contributed by atoms with Crippen LogP contribution < -0.4 is 0 Å². The minimum atomic E-state index is -1.54. The van der Waals surface area contributed by atoms with Crippen LogP contribution in [0.15, 0.2) is 35.2 Å². The molecule has 4 nitrogen and oxygen atoms in total. The van der Waals surface area contributed by atoms with Gasteiger partial charge in [0.25, 0.3) is 0 Å². The van der Waals surface area contributed by atoms with Crippen molar-refractivity contribution in [1.82, 2.24) is 0 Å². The van der Waals surface area contributed by atoms with Crippen molar-refractivity contribution < 1.29 is 19.1 Å². The summed E-state index contributed by atoms with van der Waals surface area (Å²) in [6, 6.07) is 2.02. The van der Waals surface area contributed by atoms with E-state index >= 15 is 0 Å². The fourth-order valence-electron chi connectivity index (χ4n) is 5.37. The van der Waals surface area contributed by atoms with Gasteiger partial charge < -0.3 is 14.3 Å². The Morgan fingerprint density at radius 1 is 1.44 bits per heavy atom. The highest BCUT2D eigenvalue weighted by Crippen LogP contribution is 2.63. The second-order valence-electron chi connectivity index (χ2n) is 8.44. The summed E-state index contributed by atoms with van der Waals surface area (Å²) in [5, 5.41) is 11.3. The molecule has 0 saturated heterocycles. The van der Waals surface area contributed by atoms with Crippen LogP contribution in [-0.2, 0) is 16.0 Å². The molecule has 1 aromatic rings. The zero-order chi connectivity index (χ0) is 18.3. The number of methoxy groups -OCH3 is 1. The number of rotatable bonds is 4. The molecule has 0 aromatic carbocycles. The van der Waals surface area contributed by atoms with Crippen molar-refractivity contribution in [3.05, 3.63) is 36.3 Å². The highest BCUT2D eigenvalue weighted by atomic mass is 16.5. The van der Waals surface area contributed by atoms with Crippen LogP contribution >= 0.6 is 0 Å². The quantitative estimate of drug-likeness (QED) is 0.658. The molecular weight excluding hydrogens is 316 g/mol. The Morgan fingerprint density at radius 2 is 2.20 bits per heavy atom. The van der Waals surface area contributed by atoms with Crippen LogP contribution in [0.2, 0.25) is 0 Å². The molecule has 1 fully saturated rings. The van der Waals surface area contributed by atoms with Gasteiger partial charge in [0.1, 0.15) is 0 Å². The molecule has 1 heterocycles. The number of hydrogen-bond donors (Lipinski definition) is 1. The largest absolute Gasteiger partial charge is 0.472 e. The number of aryl methyl sites for hydroxylation is 1. The highest BCUT2D eigenvalue weighted by molar-refractivity contribution is 5.83. The normalized spacial score (nSPS) is 40.5. The van der Waals surface area contributed by atoms with E-state index in [2.05, 4.69) is 20.8 Å². The number of ether oxygens (including phenoxy) is 1. The first-order valence-electron chi connectivity index (χ1n) is 9.27. The molecule has 2 aliphatic rings. The van der Waals surface area contributed by atoms with E-state index in [0.717, 1.165) is 32.1 Å². The Balaban J connectivity index is 1.95. The molecule has 1 aromatic heterocycles. The zero-order valence-electron chi connectivity index (χ0n) is 15.7. The van der Waals surface area contributed by atoms with Gasteiger partial charge in [0.2, 0.25) is 0 Å². The number of hydrogen-bond acceptors (Lipinski definition) is 4. The maximum atomic E-state index is 12.5. The van der Waals surface area contributed by atoms with E-state index in [1.54, 1.807) is 12.3 Å². The molecule has 138 valence electrons. The van der Waals surface area contributed by atoms with E-state index in [9.17, 15) is 9.90 Å². The van der Waals surface area contributed by atoms with Crippen LogP contribution in [-0.4, -0.2) is 23.8 Å². The molecule has 0 spiro atoms. The van der Waals surface area contributed by atoms with E-state index in [1.165, 1.54) is 12.7 Å². The first-order valence-corrected chi connectivity index (χ1v) is 9.27. The monoisotopic (exact) mass is 346 g/mol. The summed E-state index contributed by atoms with van der Waals surface area (Å²) in [7, 11) is 1.35. The van der Waals surface area contributed by atoms with Crippen LogP contribution in [0, 0.1) is 22.7 Å². The lowest BCUT2D eigenvalue weighted by Crippen LogP contribution is -2.63. The topological polar surface area (TPSA) is 59.7 Å². The van der Waals surface area contributed by atoms with Gasteiger partial charge in [-0.3, -0.25) is 0 Å². The summed E-state index contributed by atoms with van der Waals surface area (Å²) >= 11 is 0. The van der Waals surface area contributed by atoms with Gasteiger partial charge in [-0.2, -0.15) is 0 Å². The molecule has 5 unspecified atom stereocenters. The number of esters is 1. The Morgan fingerprint density at radius 3 is 2.84 bits per heavy atom. The number of aliphatic hydroxyl groups is 1. The molecule has 1 saturated carbocycles. The van der Waals surface area contributed by atoms with Gasteiger partial charge in [-0.05, 0) is 67.1 Å². The van der Waals surface area contributed by atoms with E-state index in [1.807, 2.05) is 18.4 Å². The molecular formula is C21H30O4. The molecule has 25 heavy (non-hydrogen) atoms. The molecule has 1 N–H and O–H groups in total. The summed E-state index contributed by atoms with van der Waals surface area (Å²) in [4.78, 5) is 12.5. The van der Waals surface area contributed by atoms with Crippen molar-refractivity contribution in [2.24, 2.45) is 22.7 Å². The number of carbonyl (C=O) groups is 1. The third-order valence-electron chi connectivity index (χ3n) is 7.42. The van der Waals surface area contributed by atoms with Gasteiger partial charge in [0, 0.05) is 5.41 Å².